The molecule has 178 valence electrons. The lowest BCUT2D eigenvalue weighted by molar-refractivity contribution is 0.0975. The van der Waals surface area contributed by atoms with Crippen LogP contribution in [0.4, 0.5) is 4.39 Å². The van der Waals surface area contributed by atoms with Crippen molar-refractivity contribution in [2.45, 2.75) is 51.9 Å². The lowest BCUT2D eigenvalue weighted by Gasteiger charge is -2.27. The number of aryl methyl sites for hydroxylation is 1. The number of aliphatic imine (C=N–C) groups is 1. The Morgan fingerprint density at radius 2 is 2.03 bits per heavy atom. The molecule has 1 saturated carbocycles. The van der Waals surface area contributed by atoms with Crippen LogP contribution in [0.1, 0.15) is 60.5 Å². The number of guanidine groups is 1. The Kier molecular flexibility index (Phi) is 9.30. The molecule has 33 heavy (non-hydrogen) atoms. The summed E-state index contributed by atoms with van der Waals surface area (Å²) in [5, 5.41) is 2.65. The zero-order valence-corrected chi connectivity index (χ0v) is 21.0. The highest BCUT2D eigenvalue weighted by Gasteiger charge is 2.21. The summed E-state index contributed by atoms with van der Waals surface area (Å²) < 4.78 is 21.0. The molecule has 0 heterocycles. The molecule has 2 aromatic rings. The highest BCUT2D eigenvalue weighted by molar-refractivity contribution is 9.10. The molecule has 5 nitrogen and oxygen atoms in total. The number of hydrogen-bond donors (Lipinski definition) is 2. The molecule has 0 saturated heterocycles. The van der Waals surface area contributed by atoms with E-state index in [1.165, 1.54) is 31.4 Å². The SMILES string of the molecule is CCC1CCCC(CN=C(N)NC(=O)c2cccc(F)c2CCc2cc(Br)ccc2OC)C1. The Balaban J connectivity index is 1.67. The van der Waals surface area contributed by atoms with Crippen LogP contribution >= 0.6 is 15.9 Å². The van der Waals surface area contributed by atoms with Crippen LogP contribution in [0.3, 0.4) is 0 Å². The standard InChI is InChI=1S/C26H33BrFN3O2/c1-3-17-6-4-7-18(14-17)16-30-26(29)31-25(32)22-8-5-9-23(28)21(22)12-10-19-15-20(27)11-13-24(19)33-2/h5,8-9,11,13,15,17-18H,3-4,6-7,10,12,14,16H2,1-2H3,(H3,29,30,31,32). The van der Waals surface area contributed by atoms with Crippen molar-refractivity contribution in [1.82, 2.24) is 5.32 Å². The van der Waals surface area contributed by atoms with Gasteiger partial charge >= 0.3 is 0 Å². The Hall–Kier alpha value is -2.41. The number of rotatable bonds is 8. The molecular weight excluding hydrogens is 485 g/mol. The summed E-state index contributed by atoms with van der Waals surface area (Å²) in [6, 6.07) is 10.2. The van der Waals surface area contributed by atoms with Crippen LogP contribution in [0, 0.1) is 17.7 Å². The lowest BCUT2D eigenvalue weighted by Crippen LogP contribution is -2.38. The minimum Gasteiger partial charge on any atom is -0.496 e. The number of benzene rings is 2. The fraction of sp³-hybridized carbons (Fsp3) is 0.462. The fourth-order valence-corrected chi connectivity index (χ4v) is 5.03. The quantitative estimate of drug-likeness (QED) is 0.351. The predicted molar refractivity (Wildman–Crippen MR) is 134 cm³/mol. The van der Waals surface area contributed by atoms with Crippen LogP contribution in [0.5, 0.6) is 5.75 Å². The summed E-state index contributed by atoms with van der Waals surface area (Å²) in [6.45, 7) is 2.84. The summed E-state index contributed by atoms with van der Waals surface area (Å²) >= 11 is 3.46. The van der Waals surface area contributed by atoms with Crippen LogP contribution in [-0.2, 0) is 12.8 Å². The molecule has 7 heteroatoms. The molecule has 0 bridgehead atoms. The van der Waals surface area contributed by atoms with E-state index in [-0.39, 0.29) is 11.5 Å². The molecule has 2 aromatic carbocycles. The van der Waals surface area contributed by atoms with Crippen molar-refractivity contribution in [3.63, 3.8) is 0 Å². The van der Waals surface area contributed by atoms with Gasteiger partial charge in [-0.3, -0.25) is 15.1 Å². The van der Waals surface area contributed by atoms with Crippen molar-refractivity contribution in [2.24, 2.45) is 22.6 Å². The number of amides is 1. The van der Waals surface area contributed by atoms with E-state index in [4.69, 9.17) is 10.5 Å². The topological polar surface area (TPSA) is 76.7 Å². The van der Waals surface area contributed by atoms with Gasteiger partial charge in [0.2, 0.25) is 0 Å². The Bertz CT molecular complexity index is 995. The van der Waals surface area contributed by atoms with E-state index in [9.17, 15) is 9.18 Å². The molecular formula is C26H33BrFN3O2. The Morgan fingerprint density at radius 3 is 2.79 bits per heavy atom. The summed E-state index contributed by atoms with van der Waals surface area (Å²) in [5.41, 5.74) is 7.56. The van der Waals surface area contributed by atoms with Crippen LogP contribution in [0.25, 0.3) is 0 Å². The third kappa shape index (κ3) is 7.03. The van der Waals surface area contributed by atoms with Crippen molar-refractivity contribution in [2.75, 3.05) is 13.7 Å². The maximum atomic E-state index is 14.7. The number of nitrogens with two attached hydrogens (primary N) is 1. The van der Waals surface area contributed by atoms with Crippen molar-refractivity contribution in [3.8, 4) is 5.75 Å². The first-order chi connectivity index (χ1) is 15.9. The largest absolute Gasteiger partial charge is 0.496 e. The molecule has 1 aliphatic rings. The van der Waals surface area contributed by atoms with Gasteiger partial charge in [-0.25, -0.2) is 4.39 Å². The van der Waals surface area contributed by atoms with Crippen LogP contribution < -0.4 is 15.8 Å². The molecule has 1 aliphatic carbocycles. The molecule has 1 amide bonds. The number of ether oxygens (including phenoxy) is 1. The first-order valence-corrected chi connectivity index (χ1v) is 12.4. The third-order valence-corrected chi connectivity index (χ3v) is 6.97. The van der Waals surface area contributed by atoms with E-state index in [0.29, 0.717) is 30.9 Å². The highest BCUT2D eigenvalue weighted by Crippen LogP contribution is 2.31. The van der Waals surface area contributed by atoms with E-state index in [0.717, 1.165) is 34.5 Å². The van der Waals surface area contributed by atoms with E-state index >= 15 is 0 Å². The smallest absolute Gasteiger partial charge is 0.258 e. The van der Waals surface area contributed by atoms with Crippen molar-refractivity contribution in [1.29, 1.82) is 0 Å². The van der Waals surface area contributed by atoms with Gasteiger partial charge in [-0.05, 0) is 73.4 Å². The van der Waals surface area contributed by atoms with Crippen molar-refractivity contribution < 1.29 is 13.9 Å². The zero-order chi connectivity index (χ0) is 23.8. The number of hydrogen-bond acceptors (Lipinski definition) is 3. The average molecular weight is 518 g/mol. The van der Waals surface area contributed by atoms with Crippen LogP contribution in [0.2, 0.25) is 0 Å². The van der Waals surface area contributed by atoms with E-state index in [1.54, 1.807) is 13.2 Å². The highest BCUT2D eigenvalue weighted by atomic mass is 79.9. The monoisotopic (exact) mass is 517 g/mol. The second-order valence-electron chi connectivity index (χ2n) is 8.71. The van der Waals surface area contributed by atoms with Gasteiger partial charge in [0.25, 0.3) is 5.91 Å². The lowest BCUT2D eigenvalue weighted by atomic mass is 9.80. The molecule has 0 radical (unpaired) electrons. The number of carbonyl (C=O) groups excluding carboxylic acids is 1. The number of nitrogens with zero attached hydrogens (tertiary/aromatic N) is 1. The molecule has 2 atom stereocenters. The van der Waals surface area contributed by atoms with Crippen LogP contribution in [0.15, 0.2) is 45.9 Å². The van der Waals surface area contributed by atoms with Gasteiger partial charge in [0, 0.05) is 22.1 Å². The first-order valence-electron chi connectivity index (χ1n) is 11.6. The molecule has 1 fully saturated rings. The third-order valence-electron chi connectivity index (χ3n) is 6.48. The van der Waals surface area contributed by atoms with Gasteiger partial charge in [-0.15, -0.1) is 0 Å². The minimum atomic E-state index is -0.443. The van der Waals surface area contributed by atoms with E-state index in [1.807, 2.05) is 18.2 Å². The zero-order valence-electron chi connectivity index (χ0n) is 19.4. The fourth-order valence-electron chi connectivity index (χ4n) is 4.62. The summed E-state index contributed by atoms with van der Waals surface area (Å²) in [7, 11) is 1.60. The van der Waals surface area contributed by atoms with Gasteiger partial charge in [0.05, 0.1) is 7.11 Å². The number of carbonyl (C=O) groups is 1. The molecule has 0 aromatic heterocycles. The van der Waals surface area contributed by atoms with E-state index in [2.05, 4.69) is 33.2 Å². The number of nitrogens with one attached hydrogen (secondary N) is 1. The van der Waals surface area contributed by atoms with Gasteiger partial charge in [-0.2, -0.15) is 0 Å². The van der Waals surface area contributed by atoms with Gasteiger partial charge < -0.3 is 10.5 Å². The molecule has 2 unspecified atom stereocenters. The molecule has 0 aliphatic heterocycles. The first kappa shape index (κ1) is 25.2. The maximum Gasteiger partial charge on any atom is 0.258 e. The van der Waals surface area contributed by atoms with Crippen molar-refractivity contribution >= 4 is 27.8 Å². The number of methoxy groups -OCH3 is 1. The average Bonchev–Trinajstić information content (AvgIpc) is 2.82. The second-order valence-corrected chi connectivity index (χ2v) is 9.62. The molecule has 3 N–H and O–H groups in total. The maximum absolute atomic E-state index is 14.7. The minimum absolute atomic E-state index is 0.0856. The number of halogens is 2. The summed E-state index contributed by atoms with van der Waals surface area (Å²) in [5.74, 6) is 1.21. The van der Waals surface area contributed by atoms with Crippen molar-refractivity contribution in [3.05, 3.63) is 63.4 Å². The molecule has 3 rings (SSSR count). The van der Waals surface area contributed by atoms with Gasteiger partial charge in [0.1, 0.15) is 11.6 Å². The summed E-state index contributed by atoms with van der Waals surface area (Å²) in [4.78, 5) is 17.3. The normalized spacial score (nSPS) is 18.7. The van der Waals surface area contributed by atoms with Crippen LogP contribution in [-0.4, -0.2) is 25.5 Å². The predicted octanol–water partition coefficient (Wildman–Crippen LogP) is 5.64. The van der Waals surface area contributed by atoms with Gasteiger partial charge in [-0.1, -0.05) is 48.2 Å². The summed E-state index contributed by atoms with van der Waals surface area (Å²) in [6.07, 6.45) is 6.88. The van der Waals surface area contributed by atoms with Gasteiger partial charge in [0.15, 0.2) is 5.96 Å². The second kappa shape index (κ2) is 12.2. The Labute approximate surface area is 204 Å². The Morgan fingerprint density at radius 1 is 1.24 bits per heavy atom. The molecule has 0 spiro atoms. The van der Waals surface area contributed by atoms with E-state index < -0.39 is 11.7 Å².